The Kier molecular flexibility index (Phi) is 7.40. The summed E-state index contributed by atoms with van der Waals surface area (Å²) in [5, 5.41) is 15.8. The zero-order valence-corrected chi connectivity index (χ0v) is 14.5. The van der Waals surface area contributed by atoms with Crippen LogP contribution < -0.4 is 5.32 Å². The third-order valence-corrected chi connectivity index (χ3v) is 3.78. The number of aryl methyl sites for hydroxylation is 1. The Hall–Kier alpha value is -2.41. The van der Waals surface area contributed by atoms with Crippen molar-refractivity contribution in [2.75, 3.05) is 6.54 Å². The minimum Gasteiger partial charge on any atom is -0.481 e. The van der Waals surface area contributed by atoms with E-state index in [9.17, 15) is 9.59 Å². The number of aliphatic carboxylic acids is 1. The van der Waals surface area contributed by atoms with Crippen LogP contribution in [0.3, 0.4) is 0 Å². The van der Waals surface area contributed by atoms with Crippen molar-refractivity contribution in [3.05, 3.63) is 35.2 Å². The SMILES string of the molecule is O=C(O)CCCCCNC(=O)CCc1nc(-c2ccc(Cl)cc2)no1. The van der Waals surface area contributed by atoms with Crippen molar-refractivity contribution in [3.8, 4) is 11.4 Å². The molecule has 0 atom stereocenters. The lowest BCUT2D eigenvalue weighted by Crippen LogP contribution is -2.24. The number of carbonyl (C=O) groups is 2. The molecule has 1 aromatic carbocycles. The Morgan fingerprint density at radius 2 is 1.88 bits per heavy atom. The van der Waals surface area contributed by atoms with Crippen molar-refractivity contribution < 1.29 is 19.2 Å². The average molecular weight is 366 g/mol. The molecule has 8 heteroatoms. The lowest BCUT2D eigenvalue weighted by Gasteiger charge is -2.03. The standard InChI is InChI=1S/C17H20ClN3O4/c18-13-7-5-12(6-8-13)17-20-15(25-21-17)10-9-14(22)19-11-3-1-2-4-16(23)24/h5-8H,1-4,9-11H2,(H,19,22)(H,23,24). The summed E-state index contributed by atoms with van der Waals surface area (Å²) in [7, 11) is 0. The first-order valence-electron chi connectivity index (χ1n) is 8.11. The van der Waals surface area contributed by atoms with Gasteiger partial charge in [0, 0.05) is 36.4 Å². The predicted molar refractivity (Wildman–Crippen MR) is 92.2 cm³/mol. The molecule has 0 fully saturated rings. The van der Waals surface area contributed by atoms with E-state index in [2.05, 4.69) is 15.5 Å². The van der Waals surface area contributed by atoms with Gasteiger partial charge in [0.05, 0.1) is 0 Å². The van der Waals surface area contributed by atoms with Crippen LogP contribution in [0.25, 0.3) is 11.4 Å². The number of carboxylic acids is 1. The van der Waals surface area contributed by atoms with E-state index in [1.807, 2.05) is 0 Å². The number of carbonyl (C=O) groups excluding carboxylic acids is 1. The van der Waals surface area contributed by atoms with Crippen LogP contribution >= 0.6 is 11.6 Å². The molecule has 2 aromatic rings. The van der Waals surface area contributed by atoms with Crippen LogP contribution in [0.15, 0.2) is 28.8 Å². The number of hydrogen-bond donors (Lipinski definition) is 2. The summed E-state index contributed by atoms with van der Waals surface area (Å²) >= 11 is 5.84. The van der Waals surface area contributed by atoms with Crippen LogP contribution in [0.5, 0.6) is 0 Å². The van der Waals surface area contributed by atoms with Crippen molar-refractivity contribution in [1.29, 1.82) is 0 Å². The summed E-state index contributed by atoms with van der Waals surface area (Å²) in [6, 6.07) is 7.09. The number of rotatable bonds is 10. The van der Waals surface area contributed by atoms with Gasteiger partial charge in [-0.2, -0.15) is 4.98 Å². The van der Waals surface area contributed by atoms with E-state index in [0.717, 1.165) is 18.4 Å². The molecule has 2 rings (SSSR count). The van der Waals surface area contributed by atoms with Gasteiger partial charge in [0.1, 0.15) is 0 Å². The first kappa shape index (κ1) is 18.9. The monoisotopic (exact) mass is 365 g/mol. The van der Waals surface area contributed by atoms with Crippen LogP contribution in [0.1, 0.15) is 38.0 Å². The van der Waals surface area contributed by atoms with Gasteiger partial charge in [-0.15, -0.1) is 0 Å². The first-order valence-corrected chi connectivity index (χ1v) is 8.49. The number of hydrogen-bond acceptors (Lipinski definition) is 5. The Morgan fingerprint density at radius 3 is 2.60 bits per heavy atom. The van der Waals surface area contributed by atoms with Gasteiger partial charge in [0.15, 0.2) is 0 Å². The van der Waals surface area contributed by atoms with Crippen molar-refractivity contribution in [2.45, 2.75) is 38.5 Å². The van der Waals surface area contributed by atoms with Crippen LogP contribution in [0.2, 0.25) is 5.02 Å². The molecule has 1 amide bonds. The Morgan fingerprint density at radius 1 is 1.12 bits per heavy atom. The Bertz CT molecular complexity index is 700. The third-order valence-electron chi connectivity index (χ3n) is 3.53. The number of nitrogens with zero attached hydrogens (tertiary/aromatic N) is 2. The van der Waals surface area contributed by atoms with Crippen molar-refractivity contribution in [2.24, 2.45) is 0 Å². The van der Waals surface area contributed by atoms with Crippen molar-refractivity contribution in [1.82, 2.24) is 15.5 Å². The second-order valence-corrected chi connectivity index (χ2v) is 6.01. The highest BCUT2D eigenvalue weighted by molar-refractivity contribution is 6.30. The molecule has 0 aliphatic rings. The number of unbranched alkanes of at least 4 members (excludes halogenated alkanes) is 2. The third kappa shape index (κ3) is 6.93. The largest absolute Gasteiger partial charge is 0.481 e. The quantitative estimate of drug-likeness (QED) is 0.627. The maximum Gasteiger partial charge on any atom is 0.303 e. The zero-order chi connectivity index (χ0) is 18.1. The number of amides is 1. The summed E-state index contributed by atoms with van der Waals surface area (Å²) in [6.45, 7) is 0.540. The summed E-state index contributed by atoms with van der Waals surface area (Å²) in [5.41, 5.74) is 0.796. The van der Waals surface area contributed by atoms with Gasteiger partial charge in [-0.25, -0.2) is 0 Å². The van der Waals surface area contributed by atoms with Gasteiger partial charge in [-0.05, 0) is 37.1 Å². The fourth-order valence-corrected chi connectivity index (χ4v) is 2.31. The molecule has 0 aliphatic carbocycles. The minimum absolute atomic E-state index is 0.0931. The van der Waals surface area contributed by atoms with E-state index in [0.29, 0.717) is 36.1 Å². The van der Waals surface area contributed by atoms with Gasteiger partial charge in [0.25, 0.3) is 0 Å². The van der Waals surface area contributed by atoms with Crippen LogP contribution in [0.4, 0.5) is 0 Å². The lowest BCUT2D eigenvalue weighted by molar-refractivity contribution is -0.137. The Labute approximate surface area is 150 Å². The molecule has 0 aliphatic heterocycles. The first-order chi connectivity index (χ1) is 12.0. The molecule has 0 unspecified atom stereocenters. The molecule has 1 aromatic heterocycles. The van der Waals surface area contributed by atoms with E-state index in [-0.39, 0.29) is 18.7 Å². The highest BCUT2D eigenvalue weighted by atomic mass is 35.5. The molecule has 0 bridgehead atoms. The maximum absolute atomic E-state index is 11.8. The fourth-order valence-electron chi connectivity index (χ4n) is 2.19. The number of carboxylic acid groups (broad SMARTS) is 1. The number of nitrogens with one attached hydrogen (secondary N) is 1. The molecular weight excluding hydrogens is 346 g/mol. The summed E-state index contributed by atoms with van der Waals surface area (Å²) < 4.78 is 5.15. The summed E-state index contributed by atoms with van der Waals surface area (Å²) in [6.07, 6.45) is 2.96. The average Bonchev–Trinajstić information content (AvgIpc) is 3.05. The molecule has 0 saturated heterocycles. The van der Waals surface area contributed by atoms with Crippen LogP contribution in [0, 0.1) is 0 Å². The van der Waals surface area contributed by atoms with Gasteiger partial charge < -0.3 is 14.9 Å². The summed E-state index contributed by atoms with van der Waals surface area (Å²) in [4.78, 5) is 26.4. The maximum atomic E-state index is 11.8. The smallest absolute Gasteiger partial charge is 0.303 e. The molecule has 25 heavy (non-hydrogen) atoms. The lowest BCUT2D eigenvalue weighted by atomic mass is 10.2. The molecule has 0 saturated carbocycles. The molecule has 2 N–H and O–H groups in total. The zero-order valence-electron chi connectivity index (χ0n) is 13.7. The predicted octanol–water partition coefficient (Wildman–Crippen LogP) is 3.08. The van der Waals surface area contributed by atoms with Crippen LogP contribution in [-0.4, -0.2) is 33.7 Å². The fraction of sp³-hybridized carbons (Fsp3) is 0.412. The molecule has 1 heterocycles. The normalized spacial score (nSPS) is 10.6. The van der Waals surface area contributed by atoms with E-state index in [1.54, 1.807) is 24.3 Å². The highest BCUT2D eigenvalue weighted by Gasteiger charge is 2.10. The van der Waals surface area contributed by atoms with E-state index in [4.69, 9.17) is 21.2 Å². The van der Waals surface area contributed by atoms with Gasteiger partial charge in [-0.3, -0.25) is 9.59 Å². The highest BCUT2D eigenvalue weighted by Crippen LogP contribution is 2.18. The van der Waals surface area contributed by atoms with Gasteiger partial charge in [-0.1, -0.05) is 23.2 Å². The van der Waals surface area contributed by atoms with Crippen molar-refractivity contribution >= 4 is 23.5 Å². The second kappa shape index (κ2) is 9.78. The molecule has 0 radical (unpaired) electrons. The van der Waals surface area contributed by atoms with E-state index >= 15 is 0 Å². The number of benzene rings is 1. The topological polar surface area (TPSA) is 105 Å². The van der Waals surface area contributed by atoms with Gasteiger partial charge >= 0.3 is 5.97 Å². The number of aromatic nitrogens is 2. The van der Waals surface area contributed by atoms with Crippen LogP contribution in [-0.2, 0) is 16.0 Å². The molecule has 134 valence electrons. The van der Waals surface area contributed by atoms with Gasteiger partial charge in [0.2, 0.25) is 17.6 Å². The molecule has 0 spiro atoms. The molecular formula is C17H20ClN3O4. The summed E-state index contributed by atoms with van der Waals surface area (Å²) in [5.74, 6) is -0.0156. The molecule has 7 nitrogen and oxygen atoms in total. The minimum atomic E-state index is -0.790. The van der Waals surface area contributed by atoms with E-state index in [1.165, 1.54) is 0 Å². The van der Waals surface area contributed by atoms with E-state index < -0.39 is 5.97 Å². The number of halogens is 1. The van der Waals surface area contributed by atoms with Crippen molar-refractivity contribution in [3.63, 3.8) is 0 Å². The second-order valence-electron chi connectivity index (χ2n) is 5.57. The Balaban J connectivity index is 1.66.